The third-order valence-corrected chi connectivity index (χ3v) is 4.31. The molecule has 1 N–H and O–H groups in total. The summed E-state index contributed by atoms with van der Waals surface area (Å²) in [4.78, 5) is 4.61. The number of benzene rings is 1. The van der Waals surface area contributed by atoms with Crippen molar-refractivity contribution in [2.45, 2.75) is 32.7 Å². The van der Waals surface area contributed by atoms with Gasteiger partial charge in [-0.1, -0.05) is 25.4 Å². The molecule has 118 valence electrons. The number of likely N-dealkylation sites (tertiary alicyclic amines) is 1. The Balaban J connectivity index is 1.87. The number of nitrogens with one attached hydrogen (secondary N) is 1. The lowest BCUT2D eigenvalue weighted by atomic mass is 10.0. The van der Waals surface area contributed by atoms with Gasteiger partial charge in [-0.15, -0.1) is 0 Å². The van der Waals surface area contributed by atoms with Crippen LogP contribution in [0.1, 0.15) is 26.7 Å². The highest BCUT2D eigenvalue weighted by molar-refractivity contribution is 6.33. The maximum Gasteiger partial charge on any atom is 0.0659 e. The number of piperidine rings is 1. The summed E-state index contributed by atoms with van der Waals surface area (Å²) >= 11 is 6.33. The summed E-state index contributed by atoms with van der Waals surface area (Å²) in [7, 11) is 4.03. The van der Waals surface area contributed by atoms with Crippen molar-refractivity contribution in [2.24, 2.45) is 5.92 Å². The number of hydrogen-bond donors (Lipinski definition) is 1. The lowest BCUT2D eigenvalue weighted by Crippen LogP contribution is -2.40. The van der Waals surface area contributed by atoms with E-state index in [0.29, 0.717) is 6.04 Å². The Morgan fingerprint density at radius 3 is 2.48 bits per heavy atom. The number of rotatable bonds is 5. The molecule has 0 unspecified atom stereocenters. The van der Waals surface area contributed by atoms with Crippen LogP contribution in [0.4, 0.5) is 11.4 Å². The average Bonchev–Trinajstić information content (AvgIpc) is 2.40. The van der Waals surface area contributed by atoms with E-state index in [9.17, 15) is 0 Å². The molecule has 0 atom stereocenters. The van der Waals surface area contributed by atoms with Crippen molar-refractivity contribution >= 4 is 23.0 Å². The molecular formula is C17H28ClN3. The Hall–Kier alpha value is -0.930. The van der Waals surface area contributed by atoms with E-state index in [0.717, 1.165) is 22.3 Å². The van der Waals surface area contributed by atoms with Gasteiger partial charge in [0.15, 0.2) is 0 Å². The Labute approximate surface area is 134 Å². The van der Waals surface area contributed by atoms with Crippen molar-refractivity contribution in [3.05, 3.63) is 23.2 Å². The number of halogens is 1. The molecule has 0 amide bonds. The molecule has 0 saturated carbocycles. The number of hydrogen-bond acceptors (Lipinski definition) is 3. The van der Waals surface area contributed by atoms with Crippen molar-refractivity contribution < 1.29 is 0 Å². The van der Waals surface area contributed by atoms with Crippen molar-refractivity contribution in [3.63, 3.8) is 0 Å². The van der Waals surface area contributed by atoms with Gasteiger partial charge in [-0.25, -0.2) is 0 Å². The summed E-state index contributed by atoms with van der Waals surface area (Å²) < 4.78 is 0. The minimum Gasteiger partial charge on any atom is -0.382 e. The molecule has 0 aliphatic carbocycles. The van der Waals surface area contributed by atoms with Crippen molar-refractivity contribution in [1.29, 1.82) is 0 Å². The minimum absolute atomic E-state index is 0.565. The smallest absolute Gasteiger partial charge is 0.0659 e. The Morgan fingerprint density at radius 2 is 1.95 bits per heavy atom. The molecular weight excluding hydrogens is 282 g/mol. The van der Waals surface area contributed by atoms with Gasteiger partial charge >= 0.3 is 0 Å². The van der Waals surface area contributed by atoms with E-state index in [4.69, 9.17) is 11.6 Å². The molecule has 1 saturated heterocycles. The quantitative estimate of drug-likeness (QED) is 0.889. The van der Waals surface area contributed by atoms with Gasteiger partial charge < -0.3 is 15.1 Å². The largest absolute Gasteiger partial charge is 0.382 e. The van der Waals surface area contributed by atoms with Gasteiger partial charge in [0.2, 0.25) is 0 Å². The summed E-state index contributed by atoms with van der Waals surface area (Å²) in [5.41, 5.74) is 2.20. The number of anilines is 2. The zero-order valence-corrected chi connectivity index (χ0v) is 14.5. The molecule has 0 aromatic heterocycles. The molecule has 1 heterocycles. The molecule has 0 spiro atoms. The lowest BCUT2D eigenvalue weighted by molar-refractivity contribution is 0.198. The van der Waals surface area contributed by atoms with Gasteiger partial charge in [0.1, 0.15) is 0 Å². The topological polar surface area (TPSA) is 18.5 Å². The first-order chi connectivity index (χ1) is 9.95. The van der Waals surface area contributed by atoms with Crippen LogP contribution in [-0.2, 0) is 0 Å². The molecule has 1 aromatic carbocycles. The molecule has 1 aliphatic heterocycles. The summed E-state index contributed by atoms with van der Waals surface area (Å²) in [6.07, 6.45) is 2.42. The van der Waals surface area contributed by atoms with Gasteiger partial charge in [-0.2, -0.15) is 0 Å². The van der Waals surface area contributed by atoms with Crippen LogP contribution in [0.25, 0.3) is 0 Å². The van der Waals surface area contributed by atoms with Crippen LogP contribution in [0.5, 0.6) is 0 Å². The molecule has 4 heteroatoms. The van der Waals surface area contributed by atoms with E-state index < -0.39 is 0 Å². The van der Waals surface area contributed by atoms with Crippen molar-refractivity contribution in [2.75, 3.05) is 43.9 Å². The van der Waals surface area contributed by atoms with E-state index >= 15 is 0 Å². The third kappa shape index (κ3) is 4.79. The number of nitrogens with zero attached hydrogens (tertiary/aromatic N) is 2. The second kappa shape index (κ2) is 7.37. The fourth-order valence-corrected chi connectivity index (χ4v) is 3.32. The third-order valence-electron chi connectivity index (χ3n) is 4.01. The summed E-state index contributed by atoms with van der Waals surface area (Å²) in [5.74, 6) is 0.756. The first-order valence-corrected chi connectivity index (χ1v) is 8.29. The van der Waals surface area contributed by atoms with Crippen LogP contribution in [-0.4, -0.2) is 44.7 Å². The predicted octanol–water partition coefficient (Wildman–Crippen LogP) is 3.94. The van der Waals surface area contributed by atoms with Gasteiger partial charge in [-0.3, -0.25) is 0 Å². The van der Waals surface area contributed by atoms with Crippen molar-refractivity contribution in [3.8, 4) is 0 Å². The van der Waals surface area contributed by atoms with Gasteiger partial charge in [0.05, 0.1) is 10.7 Å². The summed E-state index contributed by atoms with van der Waals surface area (Å²) in [6, 6.07) is 6.81. The Kier molecular flexibility index (Phi) is 5.77. The Bertz CT molecular complexity index is 451. The first kappa shape index (κ1) is 16.4. The highest BCUT2D eigenvalue weighted by atomic mass is 35.5. The molecule has 0 bridgehead atoms. The van der Waals surface area contributed by atoms with Crippen LogP contribution in [0.3, 0.4) is 0 Å². The minimum atomic E-state index is 0.565. The highest BCUT2D eigenvalue weighted by Crippen LogP contribution is 2.28. The fraction of sp³-hybridized carbons (Fsp3) is 0.647. The van der Waals surface area contributed by atoms with E-state index in [1.54, 1.807) is 0 Å². The van der Waals surface area contributed by atoms with E-state index in [-0.39, 0.29) is 0 Å². The van der Waals surface area contributed by atoms with Crippen LogP contribution in [0.2, 0.25) is 5.02 Å². The predicted molar refractivity (Wildman–Crippen MR) is 93.7 cm³/mol. The second-order valence-electron chi connectivity index (χ2n) is 6.67. The molecule has 0 radical (unpaired) electrons. The molecule has 1 fully saturated rings. The van der Waals surface area contributed by atoms with E-state index in [2.05, 4.69) is 36.2 Å². The fourth-order valence-electron chi connectivity index (χ4n) is 2.97. The van der Waals surface area contributed by atoms with Gasteiger partial charge in [0, 0.05) is 45.5 Å². The second-order valence-corrected chi connectivity index (χ2v) is 7.08. The maximum atomic E-state index is 6.33. The standard InChI is InChI=1S/C17H28ClN3/c1-13(2)12-21-9-7-14(8-10-21)19-15-5-6-17(20(3)4)16(18)11-15/h5-6,11,13-14,19H,7-10,12H2,1-4H3. The van der Waals surface area contributed by atoms with Gasteiger partial charge in [0.25, 0.3) is 0 Å². The Morgan fingerprint density at radius 1 is 1.29 bits per heavy atom. The lowest BCUT2D eigenvalue weighted by Gasteiger charge is -2.33. The van der Waals surface area contributed by atoms with Gasteiger partial charge in [-0.05, 0) is 37.0 Å². The van der Waals surface area contributed by atoms with Crippen LogP contribution < -0.4 is 10.2 Å². The normalized spacial score (nSPS) is 17.2. The van der Waals surface area contributed by atoms with E-state index in [1.165, 1.54) is 32.5 Å². The van der Waals surface area contributed by atoms with E-state index in [1.807, 2.05) is 25.1 Å². The monoisotopic (exact) mass is 309 g/mol. The zero-order chi connectivity index (χ0) is 15.4. The van der Waals surface area contributed by atoms with Crippen LogP contribution in [0, 0.1) is 5.92 Å². The molecule has 1 aromatic rings. The molecule has 2 rings (SSSR count). The SMILES string of the molecule is CC(C)CN1CCC(Nc2ccc(N(C)C)c(Cl)c2)CC1. The average molecular weight is 310 g/mol. The van der Waals surface area contributed by atoms with Crippen molar-refractivity contribution in [1.82, 2.24) is 4.90 Å². The van der Waals surface area contributed by atoms with Crippen LogP contribution >= 0.6 is 11.6 Å². The maximum absolute atomic E-state index is 6.33. The summed E-state index contributed by atoms with van der Waals surface area (Å²) in [6.45, 7) is 8.19. The summed E-state index contributed by atoms with van der Waals surface area (Å²) in [5, 5.41) is 4.44. The molecule has 3 nitrogen and oxygen atoms in total. The first-order valence-electron chi connectivity index (χ1n) is 7.91. The molecule has 1 aliphatic rings. The molecule has 21 heavy (non-hydrogen) atoms. The zero-order valence-electron chi connectivity index (χ0n) is 13.7. The van der Waals surface area contributed by atoms with Crippen LogP contribution in [0.15, 0.2) is 18.2 Å². The highest BCUT2D eigenvalue weighted by Gasteiger charge is 2.19.